The number of nitrogens with zero attached hydrogens (tertiary/aromatic N) is 4. The number of rotatable bonds is 4. The van der Waals surface area contributed by atoms with Crippen molar-refractivity contribution in [1.82, 2.24) is 14.9 Å². The Morgan fingerprint density at radius 2 is 2.05 bits per heavy atom. The van der Waals surface area contributed by atoms with Gasteiger partial charge in [0.25, 0.3) is 0 Å². The van der Waals surface area contributed by atoms with Crippen molar-refractivity contribution in [2.75, 3.05) is 6.26 Å². The molecule has 98 valence electrons. The Hall–Kier alpha value is -1.40. The molecule has 1 heterocycles. The molecule has 2 rings (SSSR count). The summed E-state index contributed by atoms with van der Waals surface area (Å²) in [6.07, 6.45) is 5.69. The molecular formula is C13H13BrN4S. The lowest BCUT2D eigenvalue weighted by atomic mass is 10.2. The van der Waals surface area contributed by atoms with Crippen molar-refractivity contribution in [3.8, 4) is 0 Å². The molecule has 2 aromatic rings. The second kappa shape index (κ2) is 6.68. The van der Waals surface area contributed by atoms with Gasteiger partial charge in [0.05, 0.1) is 6.21 Å². The maximum Gasteiger partial charge on any atom is 0.211 e. The summed E-state index contributed by atoms with van der Waals surface area (Å²) < 4.78 is 2.60. The summed E-state index contributed by atoms with van der Waals surface area (Å²) in [5, 5.41) is 13.2. The van der Waals surface area contributed by atoms with Gasteiger partial charge in [-0.1, -0.05) is 42.1 Å². The normalized spacial score (nSPS) is 12.3. The zero-order valence-corrected chi connectivity index (χ0v) is 13.0. The van der Waals surface area contributed by atoms with Crippen molar-refractivity contribution >= 4 is 40.0 Å². The van der Waals surface area contributed by atoms with Crippen molar-refractivity contribution in [2.24, 2.45) is 5.10 Å². The average molecular weight is 337 g/mol. The minimum atomic E-state index is 0.764. The summed E-state index contributed by atoms with van der Waals surface area (Å²) in [5.41, 5.74) is 1.12. The molecule has 6 heteroatoms. The first-order valence-electron chi connectivity index (χ1n) is 5.63. The van der Waals surface area contributed by atoms with Crippen LogP contribution >= 0.6 is 27.7 Å². The molecule has 0 bridgehead atoms. The molecule has 1 aromatic heterocycles. The van der Waals surface area contributed by atoms with Crippen molar-refractivity contribution in [1.29, 1.82) is 0 Å². The molecule has 0 N–H and O–H groups in total. The second-order valence-electron chi connectivity index (χ2n) is 3.73. The topological polar surface area (TPSA) is 43.1 Å². The molecule has 0 saturated heterocycles. The molecule has 0 atom stereocenters. The van der Waals surface area contributed by atoms with Crippen LogP contribution in [-0.2, 0) is 0 Å². The summed E-state index contributed by atoms with van der Waals surface area (Å²) >= 11 is 5.00. The van der Waals surface area contributed by atoms with Gasteiger partial charge < -0.3 is 0 Å². The molecule has 0 amide bonds. The largest absolute Gasteiger partial charge is 0.211 e. The number of hydrogen-bond donors (Lipinski definition) is 0. The summed E-state index contributed by atoms with van der Waals surface area (Å²) in [6.45, 7) is 1.87. The number of hydrogen-bond acceptors (Lipinski definition) is 4. The second-order valence-corrected chi connectivity index (χ2v) is 5.42. The summed E-state index contributed by atoms with van der Waals surface area (Å²) in [7, 11) is 0. The van der Waals surface area contributed by atoms with Crippen LogP contribution in [0.25, 0.3) is 6.08 Å². The van der Waals surface area contributed by atoms with Crippen molar-refractivity contribution in [3.05, 3.63) is 46.2 Å². The molecule has 0 saturated carbocycles. The fourth-order valence-corrected chi connectivity index (χ4v) is 2.29. The molecule has 0 aliphatic rings. The maximum atomic E-state index is 4.36. The molecule has 0 radical (unpaired) electrons. The van der Waals surface area contributed by atoms with Gasteiger partial charge in [-0.25, -0.2) is 0 Å². The number of aromatic nitrogens is 3. The maximum absolute atomic E-state index is 4.36. The van der Waals surface area contributed by atoms with Crippen LogP contribution in [0.5, 0.6) is 0 Å². The molecule has 4 nitrogen and oxygen atoms in total. The fourth-order valence-electron chi connectivity index (χ4n) is 1.46. The van der Waals surface area contributed by atoms with E-state index in [1.165, 1.54) is 11.8 Å². The van der Waals surface area contributed by atoms with E-state index in [1.54, 1.807) is 10.9 Å². The van der Waals surface area contributed by atoms with Gasteiger partial charge in [-0.3, -0.25) is 0 Å². The highest BCUT2D eigenvalue weighted by atomic mass is 79.9. The number of thioether (sulfide) groups is 1. The van der Waals surface area contributed by atoms with E-state index in [1.807, 2.05) is 49.6 Å². The van der Waals surface area contributed by atoms with Crippen molar-refractivity contribution in [2.45, 2.75) is 12.1 Å². The molecule has 1 aromatic carbocycles. The quantitative estimate of drug-likeness (QED) is 0.633. The first kappa shape index (κ1) is 14.0. The molecular weight excluding hydrogens is 324 g/mol. The Kier molecular flexibility index (Phi) is 4.93. The highest BCUT2D eigenvalue weighted by Crippen LogP contribution is 2.14. The predicted molar refractivity (Wildman–Crippen MR) is 83.8 cm³/mol. The van der Waals surface area contributed by atoms with Crippen molar-refractivity contribution < 1.29 is 0 Å². The summed E-state index contributed by atoms with van der Waals surface area (Å²) in [4.78, 5) is 0. The van der Waals surface area contributed by atoms with E-state index in [-0.39, 0.29) is 0 Å². The lowest BCUT2D eigenvalue weighted by Gasteiger charge is -1.98. The zero-order valence-electron chi connectivity index (χ0n) is 10.6. The SMILES string of the molecule is CSc1nnc(C)n1/N=C\C(Br)=C\c1ccccc1. The van der Waals surface area contributed by atoms with Crippen LogP contribution in [0.15, 0.2) is 45.1 Å². The molecule has 0 fully saturated rings. The Morgan fingerprint density at radius 1 is 1.32 bits per heavy atom. The number of benzene rings is 1. The van der Waals surface area contributed by atoms with Gasteiger partial charge >= 0.3 is 0 Å². The average Bonchev–Trinajstić information content (AvgIpc) is 2.78. The Morgan fingerprint density at radius 3 is 2.74 bits per heavy atom. The fraction of sp³-hybridized carbons (Fsp3) is 0.154. The Labute approximate surface area is 124 Å². The van der Waals surface area contributed by atoms with Crippen LogP contribution in [0.4, 0.5) is 0 Å². The highest BCUT2D eigenvalue weighted by Gasteiger charge is 2.05. The van der Waals surface area contributed by atoms with E-state index in [4.69, 9.17) is 0 Å². The lowest BCUT2D eigenvalue weighted by molar-refractivity contribution is 0.746. The molecule has 0 unspecified atom stereocenters. The van der Waals surface area contributed by atoms with Crippen molar-refractivity contribution in [3.63, 3.8) is 0 Å². The van der Waals surface area contributed by atoms with Crippen LogP contribution in [0, 0.1) is 6.92 Å². The smallest absolute Gasteiger partial charge is 0.192 e. The Bertz CT molecular complexity index is 604. The first-order chi connectivity index (χ1) is 9.20. The van der Waals surface area contributed by atoms with E-state index in [9.17, 15) is 0 Å². The van der Waals surface area contributed by atoms with Crippen LogP contribution in [0.3, 0.4) is 0 Å². The van der Waals surface area contributed by atoms with E-state index < -0.39 is 0 Å². The Balaban J connectivity index is 2.18. The van der Waals surface area contributed by atoms with Crippen LogP contribution in [-0.4, -0.2) is 27.3 Å². The molecule has 19 heavy (non-hydrogen) atoms. The van der Waals surface area contributed by atoms with Crippen LogP contribution in [0.2, 0.25) is 0 Å². The van der Waals surface area contributed by atoms with Gasteiger partial charge in [-0.05, 0) is 40.7 Å². The standard InChI is InChI=1S/C13H13BrN4S/c1-10-16-17-13(19-2)18(10)15-9-12(14)8-11-6-4-3-5-7-11/h3-9H,1-2H3/b12-8-,15-9-. The third-order valence-corrected chi connectivity index (χ3v) is 3.40. The van der Waals surface area contributed by atoms with Gasteiger partial charge in [0, 0.05) is 4.48 Å². The van der Waals surface area contributed by atoms with Gasteiger partial charge in [0.2, 0.25) is 5.16 Å². The minimum Gasteiger partial charge on any atom is -0.192 e. The third kappa shape index (κ3) is 3.78. The summed E-state index contributed by atoms with van der Waals surface area (Å²) in [6, 6.07) is 10.1. The number of halogens is 1. The van der Waals surface area contributed by atoms with Gasteiger partial charge in [0.15, 0.2) is 5.82 Å². The van der Waals surface area contributed by atoms with Crippen LogP contribution in [0.1, 0.15) is 11.4 Å². The summed E-state index contributed by atoms with van der Waals surface area (Å²) in [5.74, 6) is 0.764. The van der Waals surface area contributed by atoms with Gasteiger partial charge in [-0.2, -0.15) is 9.78 Å². The van der Waals surface area contributed by atoms with E-state index in [2.05, 4.69) is 31.2 Å². The van der Waals surface area contributed by atoms with Gasteiger partial charge in [-0.15, -0.1) is 10.2 Å². The predicted octanol–water partition coefficient (Wildman–Crippen LogP) is 3.58. The van der Waals surface area contributed by atoms with E-state index in [0.29, 0.717) is 0 Å². The molecule has 0 aliphatic carbocycles. The lowest BCUT2D eigenvalue weighted by Crippen LogP contribution is -1.94. The van der Waals surface area contributed by atoms with E-state index in [0.717, 1.165) is 21.0 Å². The van der Waals surface area contributed by atoms with E-state index >= 15 is 0 Å². The molecule has 0 spiro atoms. The first-order valence-corrected chi connectivity index (χ1v) is 7.65. The molecule has 0 aliphatic heterocycles. The number of allylic oxidation sites excluding steroid dienone is 1. The van der Waals surface area contributed by atoms with Crippen LogP contribution < -0.4 is 0 Å². The highest BCUT2D eigenvalue weighted by molar-refractivity contribution is 9.12. The zero-order chi connectivity index (χ0) is 13.7. The third-order valence-electron chi connectivity index (χ3n) is 2.35. The van der Waals surface area contributed by atoms with Gasteiger partial charge in [0.1, 0.15) is 0 Å². The monoisotopic (exact) mass is 336 g/mol. The number of aryl methyl sites for hydroxylation is 1. The minimum absolute atomic E-state index is 0.764.